The molecule has 3 rings (SSSR count). The molecule has 0 saturated carbocycles. The van der Waals surface area contributed by atoms with Crippen LogP contribution in [0.2, 0.25) is 0 Å². The second-order valence-corrected chi connectivity index (χ2v) is 8.90. The van der Waals surface area contributed by atoms with Gasteiger partial charge in [0.05, 0.1) is 20.3 Å². The second-order valence-electron chi connectivity index (χ2n) is 8.90. The molecule has 3 aromatic carbocycles. The molecule has 8 nitrogen and oxygen atoms in total. The monoisotopic (exact) mass is 529 g/mol. The normalized spacial score (nSPS) is 12.7. The fourth-order valence-electron chi connectivity index (χ4n) is 4.07. The van der Waals surface area contributed by atoms with E-state index in [1.807, 2.05) is 19.1 Å². The molecule has 1 unspecified atom stereocenters. The maximum absolute atomic E-state index is 13.6. The minimum absolute atomic E-state index is 0.0461. The fourth-order valence-corrected chi connectivity index (χ4v) is 4.07. The Labute approximate surface area is 227 Å². The third-order valence-corrected chi connectivity index (χ3v) is 5.99. The van der Waals surface area contributed by atoms with Crippen molar-refractivity contribution in [1.29, 1.82) is 0 Å². The Morgan fingerprint density at radius 1 is 0.795 bits per heavy atom. The molecule has 3 aromatic rings. The Morgan fingerprint density at radius 2 is 1.31 bits per heavy atom. The zero-order valence-electron chi connectivity index (χ0n) is 22.2. The summed E-state index contributed by atoms with van der Waals surface area (Å²) in [6.07, 6.45) is 5.58. The number of phenols is 2. The first-order valence-electron chi connectivity index (χ1n) is 12.1. The van der Waals surface area contributed by atoms with Crippen molar-refractivity contribution in [1.82, 2.24) is 5.32 Å². The predicted octanol–water partition coefficient (Wildman–Crippen LogP) is 4.78. The molecule has 0 fully saturated rings. The van der Waals surface area contributed by atoms with Crippen LogP contribution < -0.4 is 14.8 Å². The molecule has 1 amide bonds. The fraction of sp³-hybridized carbons (Fsp3) is 0.194. The molecule has 8 heteroatoms. The lowest BCUT2D eigenvalue weighted by atomic mass is 9.84. The molecule has 0 aliphatic heterocycles. The van der Waals surface area contributed by atoms with E-state index in [1.165, 1.54) is 57.6 Å². The summed E-state index contributed by atoms with van der Waals surface area (Å²) in [5.74, 6) is -2.35. The smallest absolute Gasteiger partial charge is 0.217 e. The average molecular weight is 530 g/mol. The van der Waals surface area contributed by atoms with E-state index in [1.54, 1.807) is 36.4 Å². The molecule has 0 heterocycles. The first-order chi connectivity index (χ1) is 18.6. The van der Waals surface area contributed by atoms with Crippen molar-refractivity contribution < 1.29 is 34.1 Å². The van der Waals surface area contributed by atoms with E-state index in [0.717, 1.165) is 5.56 Å². The van der Waals surface area contributed by atoms with Crippen molar-refractivity contribution in [2.75, 3.05) is 14.2 Å². The number of nitrogens with one attached hydrogen (secondary N) is 1. The van der Waals surface area contributed by atoms with Crippen LogP contribution in [0.4, 0.5) is 0 Å². The minimum Gasteiger partial charge on any atom is -0.504 e. The standard InChI is InChI=1S/C31H31NO7/c1-19-6-5-7-23(16-19)31(32-20(2)33)30(26(36)14-10-21-8-12-24(34)28(17-21)38-3)27(37)15-11-22-9-13-25(35)29(18-22)39-4/h5-18,30-31,34-35H,1-4H3,(H,32,33). The minimum atomic E-state index is -1.28. The molecular formula is C31H31NO7. The number of phenolic OH excluding ortho intramolecular Hbond substituents is 2. The summed E-state index contributed by atoms with van der Waals surface area (Å²) < 4.78 is 10.2. The molecule has 202 valence electrons. The van der Waals surface area contributed by atoms with Crippen LogP contribution in [0.3, 0.4) is 0 Å². The van der Waals surface area contributed by atoms with Crippen LogP contribution in [0, 0.1) is 12.8 Å². The number of rotatable bonds is 11. The van der Waals surface area contributed by atoms with Crippen LogP contribution >= 0.6 is 0 Å². The Hall–Kier alpha value is -4.85. The highest BCUT2D eigenvalue weighted by Gasteiger charge is 2.34. The van der Waals surface area contributed by atoms with E-state index in [9.17, 15) is 24.6 Å². The zero-order chi connectivity index (χ0) is 28.5. The molecule has 0 aliphatic rings. The van der Waals surface area contributed by atoms with Crippen molar-refractivity contribution in [3.63, 3.8) is 0 Å². The van der Waals surface area contributed by atoms with Crippen molar-refractivity contribution in [3.05, 3.63) is 95.1 Å². The van der Waals surface area contributed by atoms with Crippen LogP contribution in [0.5, 0.6) is 23.0 Å². The Kier molecular flexibility index (Phi) is 9.64. The highest BCUT2D eigenvalue weighted by molar-refractivity contribution is 6.14. The maximum Gasteiger partial charge on any atom is 0.217 e. The van der Waals surface area contributed by atoms with Crippen LogP contribution in [-0.4, -0.2) is 41.9 Å². The highest BCUT2D eigenvalue weighted by Crippen LogP contribution is 2.30. The van der Waals surface area contributed by atoms with Gasteiger partial charge in [0.25, 0.3) is 0 Å². The van der Waals surface area contributed by atoms with E-state index < -0.39 is 29.4 Å². The molecule has 0 aromatic heterocycles. The molecule has 3 N–H and O–H groups in total. The summed E-state index contributed by atoms with van der Waals surface area (Å²) in [5.41, 5.74) is 2.65. The van der Waals surface area contributed by atoms with E-state index in [4.69, 9.17) is 9.47 Å². The SMILES string of the molecule is COc1cc(C=CC(=O)C(C(=O)C=Cc2ccc(O)c(OC)c2)C(NC(C)=O)c2cccc(C)c2)ccc1O. The van der Waals surface area contributed by atoms with Gasteiger partial charge in [-0.2, -0.15) is 0 Å². The summed E-state index contributed by atoms with van der Waals surface area (Å²) in [7, 11) is 2.83. The van der Waals surface area contributed by atoms with E-state index in [0.29, 0.717) is 16.7 Å². The lowest BCUT2D eigenvalue weighted by molar-refractivity contribution is -0.129. The van der Waals surface area contributed by atoms with Gasteiger partial charge in [0.15, 0.2) is 34.6 Å². The molecule has 0 bridgehead atoms. The van der Waals surface area contributed by atoms with E-state index >= 15 is 0 Å². The van der Waals surface area contributed by atoms with Crippen LogP contribution in [0.25, 0.3) is 12.2 Å². The number of hydrogen-bond acceptors (Lipinski definition) is 7. The summed E-state index contributed by atoms with van der Waals surface area (Å²) in [6, 6.07) is 15.5. The van der Waals surface area contributed by atoms with Crippen molar-refractivity contribution >= 4 is 29.6 Å². The molecule has 0 saturated heterocycles. The predicted molar refractivity (Wildman–Crippen MR) is 149 cm³/mol. The lowest BCUT2D eigenvalue weighted by Crippen LogP contribution is -2.39. The summed E-state index contributed by atoms with van der Waals surface area (Å²) in [6.45, 7) is 3.20. The summed E-state index contributed by atoms with van der Waals surface area (Å²) >= 11 is 0. The van der Waals surface area contributed by atoms with Gasteiger partial charge < -0.3 is 25.0 Å². The van der Waals surface area contributed by atoms with E-state index in [2.05, 4.69) is 5.32 Å². The third-order valence-electron chi connectivity index (χ3n) is 5.99. The maximum atomic E-state index is 13.6. The van der Waals surface area contributed by atoms with Crippen molar-refractivity contribution in [2.45, 2.75) is 19.9 Å². The van der Waals surface area contributed by atoms with Gasteiger partial charge in [0, 0.05) is 6.92 Å². The van der Waals surface area contributed by atoms with Gasteiger partial charge in [0.1, 0.15) is 5.92 Å². The summed E-state index contributed by atoms with van der Waals surface area (Å²) in [5, 5.41) is 22.5. The van der Waals surface area contributed by atoms with Crippen molar-refractivity contribution in [2.24, 2.45) is 5.92 Å². The topological polar surface area (TPSA) is 122 Å². The number of carbonyl (C=O) groups excluding carboxylic acids is 3. The van der Waals surface area contributed by atoms with Gasteiger partial charge in [0.2, 0.25) is 5.91 Å². The third kappa shape index (κ3) is 7.58. The Bertz CT molecular complexity index is 1350. The number of aromatic hydroxyl groups is 2. The van der Waals surface area contributed by atoms with Gasteiger partial charge in [-0.1, -0.05) is 54.1 Å². The number of hydrogen-bond donors (Lipinski definition) is 3. The molecule has 0 radical (unpaired) electrons. The van der Waals surface area contributed by atoms with Crippen molar-refractivity contribution in [3.8, 4) is 23.0 Å². The molecule has 0 spiro atoms. The number of amides is 1. The van der Waals surface area contributed by atoms with Crippen LogP contribution in [-0.2, 0) is 14.4 Å². The van der Waals surface area contributed by atoms with Crippen LogP contribution in [0.1, 0.15) is 35.2 Å². The molecule has 0 aliphatic carbocycles. The molecule has 39 heavy (non-hydrogen) atoms. The van der Waals surface area contributed by atoms with Gasteiger partial charge in [-0.3, -0.25) is 14.4 Å². The average Bonchev–Trinajstić information content (AvgIpc) is 2.91. The quantitative estimate of drug-likeness (QED) is 0.241. The van der Waals surface area contributed by atoms with Gasteiger partial charge in [-0.15, -0.1) is 0 Å². The highest BCUT2D eigenvalue weighted by atomic mass is 16.5. The first-order valence-corrected chi connectivity index (χ1v) is 12.1. The van der Waals surface area contributed by atoms with Gasteiger partial charge in [-0.05, 0) is 60.0 Å². The Balaban J connectivity index is 2.03. The number of ketones is 2. The number of allylic oxidation sites excluding steroid dienone is 2. The molecule has 1 atom stereocenters. The number of ether oxygens (including phenoxy) is 2. The zero-order valence-corrected chi connectivity index (χ0v) is 22.2. The number of aryl methyl sites for hydroxylation is 1. The number of methoxy groups -OCH3 is 2. The van der Waals surface area contributed by atoms with Gasteiger partial charge >= 0.3 is 0 Å². The molecular weight excluding hydrogens is 498 g/mol. The lowest BCUT2D eigenvalue weighted by Gasteiger charge is -2.25. The largest absolute Gasteiger partial charge is 0.504 e. The van der Waals surface area contributed by atoms with E-state index in [-0.39, 0.29) is 23.0 Å². The van der Waals surface area contributed by atoms with Crippen LogP contribution in [0.15, 0.2) is 72.8 Å². The summed E-state index contributed by atoms with van der Waals surface area (Å²) in [4.78, 5) is 39.4. The Morgan fingerprint density at radius 3 is 1.74 bits per heavy atom. The van der Waals surface area contributed by atoms with Gasteiger partial charge in [-0.25, -0.2) is 0 Å². The number of carbonyl (C=O) groups is 3. The number of benzene rings is 3. The second kappa shape index (κ2) is 13.1. The first kappa shape index (κ1) is 28.7.